The van der Waals surface area contributed by atoms with Gasteiger partial charge in [0, 0.05) is 10.6 Å². The van der Waals surface area contributed by atoms with Crippen LogP contribution in [0.5, 0.6) is 0 Å². The Balaban J connectivity index is 1.68. The third-order valence-corrected chi connectivity index (χ3v) is 5.38. The van der Waals surface area contributed by atoms with Gasteiger partial charge < -0.3 is 5.32 Å². The van der Waals surface area contributed by atoms with E-state index in [1.807, 2.05) is 19.1 Å². The van der Waals surface area contributed by atoms with Gasteiger partial charge in [0.15, 0.2) is 0 Å². The number of hydrogen-bond acceptors (Lipinski definition) is 5. The second-order valence-electron chi connectivity index (χ2n) is 6.13. The normalized spacial score (nSPS) is 13.9. The Labute approximate surface area is 161 Å². The van der Waals surface area contributed by atoms with E-state index < -0.39 is 17.7 Å². The first-order valence-electron chi connectivity index (χ1n) is 8.37. The van der Waals surface area contributed by atoms with Crippen LogP contribution in [0.3, 0.4) is 0 Å². The number of fused-ring (bicyclic) bond motifs is 1. The lowest BCUT2D eigenvalue weighted by Crippen LogP contribution is -2.37. The average Bonchev–Trinajstić information content (AvgIpc) is 2.92. The number of para-hydroxylation sites is 1. The number of carbonyl (C=O) groups excluding carboxylic acids is 3. The Kier molecular flexibility index (Phi) is 5.57. The van der Waals surface area contributed by atoms with Gasteiger partial charge in [-0.15, -0.1) is 11.8 Å². The van der Waals surface area contributed by atoms with Crippen LogP contribution in [0, 0.1) is 17.2 Å². The number of amides is 3. The van der Waals surface area contributed by atoms with E-state index >= 15 is 0 Å². The number of nitrogens with one attached hydrogen (secondary N) is 1. The molecule has 2 aromatic carbocycles. The Bertz CT molecular complexity index is 916. The van der Waals surface area contributed by atoms with E-state index in [1.54, 1.807) is 36.4 Å². The molecule has 1 heterocycles. The monoisotopic (exact) mass is 379 g/mol. The number of nitriles is 1. The minimum Gasteiger partial charge on any atom is -0.324 e. The molecule has 0 radical (unpaired) electrons. The lowest BCUT2D eigenvalue weighted by atomic mass is 10.1. The predicted molar refractivity (Wildman–Crippen MR) is 102 cm³/mol. The van der Waals surface area contributed by atoms with E-state index in [2.05, 4.69) is 11.4 Å². The summed E-state index contributed by atoms with van der Waals surface area (Å²) in [5, 5.41) is 11.7. The highest BCUT2D eigenvalue weighted by Gasteiger charge is 2.36. The summed E-state index contributed by atoms with van der Waals surface area (Å²) < 4.78 is 0. The van der Waals surface area contributed by atoms with Crippen LogP contribution in [0.4, 0.5) is 5.69 Å². The highest BCUT2D eigenvalue weighted by molar-refractivity contribution is 7.99. The molecule has 7 heteroatoms. The zero-order chi connectivity index (χ0) is 19.4. The lowest BCUT2D eigenvalue weighted by Gasteiger charge is -2.15. The van der Waals surface area contributed by atoms with Gasteiger partial charge in [-0.25, -0.2) is 0 Å². The fraction of sp³-hybridized carbons (Fsp3) is 0.200. The summed E-state index contributed by atoms with van der Waals surface area (Å²) in [6.07, 6.45) is 0. The largest absolute Gasteiger partial charge is 0.324 e. The first kappa shape index (κ1) is 18.7. The molecule has 0 aromatic heterocycles. The van der Waals surface area contributed by atoms with Crippen LogP contribution in [0.15, 0.2) is 53.4 Å². The molecule has 0 saturated carbocycles. The molecular formula is C20H17N3O3S. The molecule has 0 bridgehead atoms. The molecule has 0 fully saturated rings. The number of nitrogens with zero attached hydrogens (tertiary/aromatic N) is 2. The van der Waals surface area contributed by atoms with Gasteiger partial charge in [-0.2, -0.15) is 5.26 Å². The maximum absolute atomic E-state index is 12.4. The average molecular weight is 379 g/mol. The van der Waals surface area contributed by atoms with Crippen LogP contribution in [-0.4, -0.2) is 34.9 Å². The number of hydrogen-bond donors (Lipinski definition) is 1. The number of carbonyl (C=O) groups is 3. The highest BCUT2D eigenvalue weighted by Crippen LogP contribution is 2.29. The lowest BCUT2D eigenvalue weighted by molar-refractivity contribution is -0.116. The second kappa shape index (κ2) is 8.06. The summed E-state index contributed by atoms with van der Waals surface area (Å²) in [6.45, 7) is 1.48. The third kappa shape index (κ3) is 4.01. The number of anilines is 1. The van der Waals surface area contributed by atoms with Crippen molar-refractivity contribution in [1.29, 1.82) is 5.26 Å². The van der Waals surface area contributed by atoms with Gasteiger partial charge in [0.2, 0.25) is 5.91 Å². The molecule has 136 valence electrons. The maximum atomic E-state index is 12.4. The zero-order valence-corrected chi connectivity index (χ0v) is 15.5. The van der Waals surface area contributed by atoms with Crippen molar-refractivity contribution in [3.63, 3.8) is 0 Å². The second-order valence-corrected chi connectivity index (χ2v) is 7.19. The Morgan fingerprint density at radius 2 is 1.70 bits per heavy atom. The van der Waals surface area contributed by atoms with Gasteiger partial charge >= 0.3 is 0 Å². The Morgan fingerprint density at radius 1 is 1.11 bits per heavy atom. The molecule has 0 unspecified atom stereocenters. The van der Waals surface area contributed by atoms with E-state index in [1.165, 1.54) is 11.8 Å². The van der Waals surface area contributed by atoms with Crippen molar-refractivity contribution in [2.24, 2.45) is 5.92 Å². The molecule has 2 aromatic rings. The highest BCUT2D eigenvalue weighted by atomic mass is 32.2. The molecule has 3 amide bonds. The van der Waals surface area contributed by atoms with Gasteiger partial charge in [-0.3, -0.25) is 19.3 Å². The van der Waals surface area contributed by atoms with E-state index in [4.69, 9.17) is 5.26 Å². The SMILES string of the molecule is C[C@H](C#N)CSc1ccccc1NC(=O)CN1C(=O)c2ccccc2C1=O. The van der Waals surface area contributed by atoms with Crippen molar-refractivity contribution in [1.82, 2.24) is 4.90 Å². The molecule has 1 atom stereocenters. The predicted octanol–water partition coefficient (Wildman–Crippen LogP) is 3.17. The quantitative estimate of drug-likeness (QED) is 0.615. The number of rotatable bonds is 6. The summed E-state index contributed by atoms with van der Waals surface area (Å²) in [4.78, 5) is 38.9. The van der Waals surface area contributed by atoms with Crippen molar-refractivity contribution in [3.8, 4) is 6.07 Å². The van der Waals surface area contributed by atoms with Crippen LogP contribution in [0.1, 0.15) is 27.6 Å². The van der Waals surface area contributed by atoms with Gasteiger partial charge in [0.1, 0.15) is 6.54 Å². The summed E-state index contributed by atoms with van der Waals surface area (Å²) >= 11 is 1.47. The van der Waals surface area contributed by atoms with Gasteiger partial charge in [-0.05, 0) is 31.2 Å². The Morgan fingerprint density at radius 3 is 2.33 bits per heavy atom. The summed E-state index contributed by atoms with van der Waals surface area (Å²) in [7, 11) is 0. The van der Waals surface area contributed by atoms with Crippen molar-refractivity contribution in [2.75, 3.05) is 17.6 Å². The molecule has 1 aliphatic heterocycles. The van der Waals surface area contributed by atoms with Gasteiger partial charge in [0.25, 0.3) is 11.8 Å². The van der Waals surface area contributed by atoms with Crippen molar-refractivity contribution in [3.05, 3.63) is 59.7 Å². The Hall–Kier alpha value is -3.11. The van der Waals surface area contributed by atoms with Crippen LogP contribution in [-0.2, 0) is 4.79 Å². The molecule has 1 N–H and O–H groups in total. The zero-order valence-electron chi connectivity index (χ0n) is 14.6. The first-order chi connectivity index (χ1) is 13.0. The topological polar surface area (TPSA) is 90.3 Å². The summed E-state index contributed by atoms with van der Waals surface area (Å²) in [6, 6.07) is 15.9. The maximum Gasteiger partial charge on any atom is 0.262 e. The minimum absolute atomic E-state index is 0.114. The fourth-order valence-corrected chi connectivity index (χ4v) is 3.62. The van der Waals surface area contributed by atoms with Crippen molar-refractivity contribution < 1.29 is 14.4 Å². The van der Waals surface area contributed by atoms with Crippen LogP contribution in [0.2, 0.25) is 0 Å². The molecule has 3 rings (SSSR count). The van der Waals surface area contributed by atoms with E-state index in [9.17, 15) is 14.4 Å². The number of thioether (sulfide) groups is 1. The smallest absolute Gasteiger partial charge is 0.262 e. The molecule has 1 aliphatic rings. The molecule has 6 nitrogen and oxygen atoms in total. The molecule has 27 heavy (non-hydrogen) atoms. The van der Waals surface area contributed by atoms with Gasteiger partial charge in [-0.1, -0.05) is 24.3 Å². The number of imide groups is 1. The fourth-order valence-electron chi connectivity index (χ4n) is 2.66. The van der Waals surface area contributed by atoms with E-state index in [0.717, 1.165) is 9.80 Å². The van der Waals surface area contributed by atoms with E-state index in [-0.39, 0.29) is 12.5 Å². The molecular weight excluding hydrogens is 362 g/mol. The van der Waals surface area contributed by atoms with E-state index in [0.29, 0.717) is 22.6 Å². The van der Waals surface area contributed by atoms with Crippen LogP contribution in [0.25, 0.3) is 0 Å². The van der Waals surface area contributed by atoms with Crippen molar-refractivity contribution >= 4 is 35.2 Å². The standard InChI is InChI=1S/C20H17N3O3S/c1-13(10-21)12-27-17-9-5-4-8-16(17)22-18(24)11-23-19(25)14-6-2-3-7-15(14)20(23)26/h2-9,13H,11-12H2,1H3,(H,22,24)/t13-/m1/s1. The van der Waals surface area contributed by atoms with Crippen LogP contribution < -0.4 is 5.32 Å². The van der Waals surface area contributed by atoms with Crippen LogP contribution >= 0.6 is 11.8 Å². The van der Waals surface area contributed by atoms with Crippen molar-refractivity contribution in [2.45, 2.75) is 11.8 Å². The summed E-state index contributed by atoms with van der Waals surface area (Å²) in [5.74, 6) is -0.891. The molecule has 0 aliphatic carbocycles. The molecule has 0 spiro atoms. The third-order valence-electron chi connectivity index (χ3n) is 4.05. The summed E-state index contributed by atoms with van der Waals surface area (Å²) in [5.41, 5.74) is 1.22. The number of benzene rings is 2. The molecule has 0 saturated heterocycles. The van der Waals surface area contributed by atoms with Gasteiger partial charge in [0.05, 0.1) is 28.8 Å². The first-order valence-corrected chi connectivity index (χ1v) is 9.36. The minimum atomic E-state index is -0.462.